The molecule has 1 fully saturated rings. The summed E-state index contributed by atoms with van der Waals surface area (Å²) in [4.78, 5) is 26.2. The van der Waals surface area contributed by atoms with Crippen LogP contribution in [0.4, 0.5) is 9.18 Å². The second-order valence-electron chi connectivity index (χ2n) is 6.25. The molecule has 0 radical (unpaired) electrons. The van der Waals surface area contributed by atoms with E-state index in [0.29, 0.717) is 35.8 Å². The molecule has 0 aromatic heterocycles. The Hall–Kier alpha value is -1.91. The van der Waals surface area contributed by atoms with Crippen LogP contribution in [0.15, 0.2) is 47.4 Å². The number of halogens is 2. The molecular formula is C21H19FINO4S. The minimum absolute atomic E-state index is 0.127. The number of methoxy groups -OCH3 is 1. The lowest BCUT2D eigenvalue weighted by molar-refractivity contribution is -0.122. The predicted octanol–water partition coefficient (Wildman–Crippen LogP) is 5.08. The van der Waals surface area contributed by atoms with Crippen molar-refractivity contribution in [3.63, 3.8) is 0 Å². The van der Waals surface area contributed by atoms with Crippen LogP contribution < -0.4 is 4.74 Å². The maximum absolute atomic E-state index is 13.7. The summed E-state index contributed by atoms with van der Waals surface area (Å²) in [5.41, 5.74) is 1.27. The highest BCUT2D eigenvalue weighted by Gasteiger charge is 2.34. The lowest BCUT2D eigenvalue weighted by Gasteiger charge is -2.11. The molecule has 2 amide bonds. The molecule has 8 heteroatoms. The van der Waals surface area contributed by atoms with Gasteiger partial charge in [0.05, 0.1) is 8.48 Å². The van der Waals surface area contributed by atoms with Crippen molar-refractivity contribution in [3.8, 4) is 5.75 Å². The average Bonchev–Trinajstić information content (AvgIpc) is 2.96. The van der Waals surface area contributed by atoms with E-state index >= 15 is 0 Å². The summed E-state index contributed by atoms with van der Waals surface area (Å²) in [6.07, 6.45) is 2.30. The van der Waals surface area contributed by atoms with Crippen molar-refractivity contribution in [1.29, 1.82) is 0 Å². The maximum Gasteiger partial charge on any atom is 0.293 e. The lowest BCUT2D eigenvalue weighted by atomic mass is 10.2. The van der Waals surface area contributed by atoms with Crippen molar-refractivity contribution in [2.45, 2.75) is 13.0 Å². The van der Waals surface area contributed by atoms with Gasteiger partial charge in [0, 0.05) is 25.8 Å². The lowest BCUT2D eigenvalue weighted by Crippen LogP contribution is -2.29. The number of hydrogen-bond acceptors (Lipinski definition) is 5. The van der Waals surface area contributed by atoms with E-state index in [1.807, 2.05) is 6.07 Å². The zero-order valence-corrected chi connectivity index (χ0v) is 18.7. The third-order valence-electron chi connectivity index (χ3n) is 4.20. The van der Waals surface area contributed by atoms with E-state index in [2.05, 4.69) is 22.6 Å². The molecule has 0 N–H and O–H groups in total. The van der Waals surface area contributed by atoms with Crippen LogP contribution >= 0.6 is 34.4 Å². The molecular weight excluding hydrogens is 508 g/mol. The fourth-order valence-corrected chi connectivity index (χ4v) is 4.27. The van der Waals surface area contributed by atoms with Gasteiger partial charge in [0.25, 0.3) is 11.1 Å². The number of nitrogens with zero attached hydrogens (tertiary/aromatic N) is 1. The molecule has 5 nitrogen and oxygen atoms in total. The largest absolute Gasteiger partial charge is 0.488 e. The molecule has 1 saturated heterocycles. The van der Waals surface area contributed by atoms with Gasteiger partial charge in [0.15, 0.2) is 0 Å². The van der Waals surface area contributed by atoms with Crippen LogP contribution in [-0.2, 0) is 16.1 Å². The highest BCUT2D eigenvalue weighted by atomic mass is 127. The molecule has 0 bridgehead atoms. The molecule has 2 aromatic rings. The zero-order valence-electron chi connectivity index (χ0n) is 15.7. The first-order chi connectivity index (χ1) is 14.0. The molecule has 0 saturated carbocycles. The number of ether oxygens (including phenoxy) is 2. The highest BCUT2D eigenvalue weighted by molar-refractivity contribution is 14.1. The Balaban J connectivity index is 1.67. The zero-order chi connectivity index (χ0) is 20.8. The molecule has 0 unspecified atom stereocenters. The first-order valence-corrected chi connectivity index (χ1v) is 10.8. The second kappa shape index (κ2) is 10.2. The van der Waals surface area contributed by atoms with Gasteiger partial charge in [0.2, 0.25) is 0 Å². The van der Waals surface area contributed by atoms with Crippen LogP contribution in [0, 0.1) is 9.39 Å². The van der Waals surface area contributed by atoms with E-state index in [1.54, 1.807) is 43.5 Å². The van der Waals surface area contributed by atoms with E-state index in [4.69, 9.17) is 9.47 Å². The molecule has 3 rings (SSSR count). The SMILES string of the molecule is COCCCN1C(=O)S/C(=C/c2ccc(OCc3ccccc3F)c(I)c2)C1=O. The van der Waals surface area contributed by atoms with E-state index in [0.717, 1.165) is 20.9 Å². The summed E-state index contributed by atoms with van der Waals surface area (Å²) in [6.45, 7) is 0.964. The van der Waals surface area contributed by atoms with Gasteiger partial charge >= 0.3 is 0 Å². The van der Waals surface area contributed by atoms with Gasteiger partial charge in [-0.2, -0.15) is 0 Å². The van der Waals surface area contributed by atoms with Crippen molar-refractivity contribution < 1.29 is 23.5 Å². The van der Waals surface area contributed by atoms with Gasteiger partial charge in [-0.3, -0.25) is 14.5 Å². The smallest absolute Gasteiger partial charge is 0.293 e. The van der Waals surface area contributed by atoms with Crippen molar-refractivity contribution in [2.24, 2.45) is 0 Å². The average molecular weight is 527 g/mol. The van der Waals surface area contributed by atoms with Crippen molar-refractivity contribution >= 4 is 51.6 Å². The molecule has 1 aliphatic rings. The molecule has 1 aliphatic heterocycles. The summed E-state index contributed by atoms with van der Waals surface area (Å²) in [6, 6.07) is 11.9. The Morgan fingerprint density at radius 3 is 2.72 bits per heavy atom. The van der Waals surface area contributed by atoms with Crippen molar-refractivity contribution in [1.82, 2.24) is 4.90 Å². The monoisotopic (exact) mass is 527 g/mol. The predicted molar refractivity (Wildman–Crippen MR) is 119 cm³/mol. The van der Waals surface area contributed by atoms with Gasteiger partial charge in [-0.1, -0.05) is 24.3 Å². The number of carbonyl (C=O) groups excluding carboxylic acids is 2. The van der Waals surface area contributed by atoms with Gasteiger partial charge in [-0.15, -0.1) is 0 Å². The second-order valence-corrected chi connectivity index (χ2v) is 8.41. The van der Waals surface area contributed by atoms with Crippen LogP contribution in [0.3, 0.4) is 0 Å². The minimum Gasteiger partial charge on any atom is -0.488 e. The summed E-state index contributed by atoms with van der Waals surface area (Å²) in [7, 11) is 1.58. The van der Waals surface area contributed by atoms with E-state index in [1.165, 1.54) is 11.0 Å². The number of thioether (sulfide) groups is 1. The number of amides is 2. The summed E-state index contributed by atoms with van der Waals surface area (Å²) < 4.78 is 25.2. The molecule has 0 atom stereocenters. The Labute approximate surface area is 186 Å². The quantitative estimate of drug-likeness (QED) is 0.272. The third kappa shape index (κ3) is 5.58. The van der Waals surface area contributed by atoms with Crippen molar-refractivity contribution in [2.75, 3.05) is 20.3 Å². The number of imide groups is 1. The Kier molecular flexibility index (Phi) is 7.68. The van der Waals surface area contributed by atoms with Gasteiger partial charge in [-0.05, 0) is 70.6 Å². The van der Waals surface area contributed by atoms with Gasteiger partial charge in [0.1, 0.15) is 18.2 Å². The number of rotatable bonds is 8. The minimum atomic E-state index is -0.305. The fraction of sp³-hybridized carbons (Fsp3) is 0.238. The van der Waals surface area contributed by atoms with E-state index in [-0.39, 0.29) is 23.6 Å². The van der Waals surface area contributed by atoms with Crippen LogP contribution in [-0.4, -0.2) is 36.3 Å². The Morgan fingerprint density at radius 1 is 1.21 bits per heavy atom. The maximum atomic E-state index is 13.7. The Morgan fingerprint density at radius 2 is 2.00 bits per heavy atom. The highest BCUT2D eigenvalue weighted by Crippen LogP contribution is 2.33. The number of carbonyl (C=O) groups is 2. The molecule has 29 heavy (non-hydrogen) atoms. The molecule has 0 spiro atoms. The van der Waals surface area contributed by atoms with E-state index < -0.39 is 0 Å². The molecule has 0 aliphatic carbocycles. The normalized spacial score (nSPS) is 15.4. The van der Waals surface area contributed by atoms with Crippen LogP contribution in [0.5, 0.6) is 5.75 Å². The first-order valence-electron chi connectivity index (χ1n) is 8.89. The topological polar surface area (TPSA) is 55.8 Å². The van der Waals surface area contributed by atoms with E-state index in [9.17, 15) is 14.0 Å². The van der Waals surface area contributed by atoms with Crippen molar-refractivity contribution in [3.05, 3.63) is 67.9 Å². The van der Waals surface area contributed by atoms with Gasteiger partial charge in [-0.25, -0.2) is 4.39 Å². The fourth-order valence-electron chi connectivity index (χ4n) is 2.71. The van der Waals surface area contributed by atoms with Gasteiger partial charge < -0.3 is 9.47 Å². The third-order valence-corrected chi connectivity index (χ3v) is 5.95. The van der Waals surface area contributed by atoms with Crippen LogP contribution in [0.1, 0.15) is 17.5 Å². The summed E-state index contributed by atoms with van der Waals surface area (Å²) in [5, 5.41) is -0.267. The number of hydrogen-bond donors (Lipinski definition) is 0. The standard InChI is InChI=1S/C21H19FINO4S/c1-27-10-4-9-24-20(25)19(29-21(24)26)12-14-7-8-18(17(23)11-14)28-13-15-5-2-3-6-16(15)22/h2-3,5-8,11-12H,4,9-10,13H2,1H3/b19-12+. The number of benzene rings is 2. The summed E-state index contributed by atoms with van der Waals surface area (Å²) in [5.74, 6) is 0.0324. The molecule has 152 valence electrons. The molecule has 1 heterocycles. The first kappa shape index (κ1) is 21.8. The Bertz CT molecular complexity index is 950. The van der Waals surface area contributed by atoms with Crippen LogP contribution in [0.25, 0.3) is 6.08 Å². The molecule has 2 aromatic carbocycles. The summed E-state index contributed by atoms with van der Waals surface area (Å²) >= 11 is 3.07. The van der Waals surface area contributed by atoms with Crippen LogP contribution in [0.2, 0.25) is 0 Å².